The van der Waals surface area contributed by atoms with Crippen LogP contribution < -0.4 is 11.1 Å². The molecule has 150 valence electrons. The number of carbonyl (C=O) groups excluding carboxylic acids is 1. The molecule has 0 aromatic carbocycles. The number of pyridine rings is 2. The fraction of sp³-hybridized carbons (Fsp3) is 0.500. The Morgan fingerprint density at radius 1 is 1.32 bits per heavy atom. The molecule has 0 saturated heterocycles. The largest absolute Gasteiger partial charge is 0.450 e. The van der Waals surface area contributed by atoms with Crippen molar-refractivity contribution in [2.45, 2.75) is 45.6 Å². The smallest absolute Gasteiger partial charge is 0.407 e. The van der Waals surface area contributed by atoms with E-state index in [1.165, 1.54) is 0 Å². The summed E-state index contributed by atoms with van der Waals surface area (Å²) in [6, 6.07) is 3.89. The van der Waals surface area contributed by atoms with Gasteiger partial charge < -0.3 is 20.4 Å². The number of imidazole rings is 1. The molecule has 3 heterocycles. The van der Waals surface area contributed by atoms with Crippen molar-refractivity contribution in [1.29, 1.82) is 0 Å². The number of carbonyl (C=O) groups is 1. The lowest BCUT2D eigenvalue weighted by Crippen LogP contribution is -2.25. The molecule has 0 aliphatic heterocycles. The highest BCUT2D eigenvalue weighted by atomic mass is 16.5. The second kappa shape index (κ2) is 9.45. The maximum Gasteiger partial charge on any atom is 0.407 e. The van der Waals surface area contributed by atoms with E-state index in [0.29, 0.717) is 19.7 Å². The van der Waals surface area contributed by atoms with Gasteiger partial charge in [0.25, 0.3) is 0 Å². The fourth-order valence-corrected chi connectivity index (χ4v) is 3.35. The van der Waals surface area contributed by atoms with Crippen molar-refractivity contribution in [2.75, 3.05) is 19.7 Å². The number of nitrogens with two attached hydrogens (primary N) is 1. The molecule has 0 bridgehead atoms. The number of nitrogens with zero attached hydrogens (tertiary/aromatic N) is 4. The molecule has 1 amide bonds. The number of ether oxygens (including phenoxy) is 1. The lowest BCUT2D eigenvalue weighted by atomic mass is 10.0. The van der Waals surface area contributed by atoms with Gasteiger partial charge in [-0.2, -0.15) is 0 Å². The minimum Gasteiger partial charge on any atom is -0.450 e. The van der Waals surface area contributed by atoms with Crippen LogP contribution in [-0.2, 0) is 11.3 Å². The van der Waals surface area contributed by atoms with Gasteiger partial charge in [-0.1, -0.05) is 6.92 Å². The van der Waals surface area contributed by atoms with Gasteiger partial charge in [-0.25, -0.2) is 14.8 Å². The molecule has 3 aromatic rings. The number of rotatable bonds is 9. The van der Waals surface area contributed by atoms with Gasteiger partial charge >= 0.3 is 6.09 Å². The third-order valence-electron chi connectivity index (χ3n) is 4.77. The maximum absolute atomic E-state index is 11.3. The van der Waals surface area contributed by atoms with Crippen LogP contribution in [0.15, 0.2) is 24.7 Å². The molecule has 28 heavy (non-hydrogen) atoms. The van der Waals surface area contributed by atoms with Crippen LogP contribution in [0.1, 0.15) is 44.7 Å². The summed E-state index contributed by atoms with van der Waals surface area (Å²) in [4.78, 5) is 25.4. The third-order valence-corrected chi connectivity index (χ3v) is 4.77. The Bertz CT molecular complexity index is 939. The topological polar surface area (TPSA) is 108 Å². The van der Waals surface area contributed by atoms with Gasteiger partial charge in [0.15, 0.2) is 0 Å². The van der Waals surface area contributed by atoms with Crippen LogP contribution in [0.25, 0.3) is 22.1 Å². The Labute approximate surface area is 164 Å². The molecular weight excluding hydrogens is 356 g/mol. The average molecular weight is 384 g/mol. The van der Waals surface area contributed by atoms with E-state index in [9.17, 15) is 4.79 Å². The molecule has 0 aliphatic rings. The number of amides is 1. The summed E-state index contributed by atoms with van der Waals surface area (Å²) in [5.41, 5.74) is 10.4. The lowest BCUT2D eigenvalue weighted by molar-refractivity contribution is 0.152. The van der Waals surface area contributed by atoms with E-state index in [2.05, 4.69) is 26.8 Å². The first kappa shape index (κ1) is 20.0. The molecular formula is C20H28N6O2. The number of unbranched alkanes of at least 4 members (excludes halogenated alkanes) is 1. The first-order chi connectivity index (χ1) is 13.7. The zero-order valence-electron chi connectivity index (χ0n) is 16.5. The predicted octanol–water partition coefficient (Wildman–Crippen LogP) is 2.96. The number of aromatic nitrogens is 4. The van der Waals surface area contributed by atoms with Crippen LogP contribution in [0.5, 0.6) is 0 Å². The van der Waals surface area contributed by atoms with Gasteiger partial charge in [0.1, 0.15) is 11.0 Å². The van der Waals surface area contributed by atoms with E-state index in [4.69, 9.17) is 15.5 Å². The van der Waals surface area contributed by atoms with Crippen molar-refractivity contribution in [2.24, 2.45) is 5.73 Å². The second-order valence-corrected chi connectivity index (χ2v) is 6.84. The van der Waals surface area contributed by atoms with Crippen molar-refractivity contribution < 1.29 is 9.53 Å². The lowest BCUT2D eigenvalue weighted by Gasteiger charge is -2.13. The summed E-state index contributed by atoms with van der Waals surface area (Å²) in [7, 11) is 0. The second-order valence-electron chi connectivity index (χ2n) is 6.84. The molecule has 3 aromatic heterocycles. The highest BCUT2D eigenvalue weighted by Gasteiger charge is 2.18. The minimum absolute atomic E-state index is 0.231. The van der Waals surface area contributed by atoms with E-state index in [1.54, 1.807) is 13.1 Å². The normalized spacial score (nSPS) is 12.4. The standard InChI is InChI=1S/C20H28N6O2/c1-3-28-20(27)23-10-4-5-12-26-13-24-18-16(14(2)8-9-21)25-15-7-6-11-22-17(15)19(18)26/h6-7,11,13-14H,3-5,8-10,12,21H2,1-2H3,(H,23,27). The highest BCUT2D eigenvalue weighted by molar-refractivity contribution is 6.00. The molecule has 0 saturated carbocycles. The Balaban J connectivity index is 1.81. The summed E-state index contributed by atoms with van der Waals surface area (Å²) in [5, 5.41) is 2.75. The zero-order valence-corrected chi connectivity index (χ0v) is 16.5. The fourth-order valence-electron chi connectivity index (χ4n) is 3.35. The number of hydrogen-bond donors (Lipinski definition) is 2. The summed E-state index contributed by atoms with van der Waals surface area (Å²) in [5.74, 6) is 0.231. The molecule has 1 atom stereocenters. The minimum atomic E-state index is -0.365. The van der Waals surface area contributed by atoms with Crippen molar-refractivity contribution >= 4 is 28.2 Å². The summed E-state index contributed by atoms with van der Waals surface area (Å²) < 4.78 is 7.00. The highest BCUT2D eigenvalue weighted by Crippen LogP contribution is 2.29. The molecule has 0 spiro atoms. The molecule has 1 unspecified atom stereocenters. The predicted molar refractivity (Wildman–Crippen MR) is 109 cm³/mol. The summed E-state index contributed by atoms with van der Waals surface area (Å²) in [6.45, 7) is 6.30. The average Bonchev–Trinajstić information content (AvgIpc) is 3.12. The molecule has 8 nitrogen and oxygen atoms in total. The summed E-state index contributed by atoms with van der Waals surface area (Å²) >= 11 is 0. The molecule has 8 heteroatoms. The molecule has 3 N–H and O–H groups in total. The van der Waals surface area contributed by atoms with E-state index >= 15 is 0 Å². The maximum atomic E-state index is 11.3. The number of aryl methyl sites for hydroxylation is 1. The van der Waals surface area contributed by atoms with Gasteiger partial charge in [-0.3, -0.25) is 4.98 Å². The Hall–Kier alpha value is -2.74. The van der Waals surface area contributed by atoms with Gasteiger partial charge in [-0.05, 0) is 44.9 Å². The number of fused-ring (bicyclic) bond motifs is 3. The Kier molecular flexibility index (Phi) is 6.76. The number of hydrogen-bond acceptors (Lipinski definition) is 6. The molecule has 0 fully saturated rings. The van der Waals surface area contributed by atoms with Crippen molar-refractivity contribution in [3.8, 4) is 0 Å². The van der Waals surface area contributed by atoms with Crippen molar-refractivity contribution in [3.05, 3.63) is 30.4 Å². The Morgan fingerprint density at radius 2 is 2.18 bits per heavy atom. The van der Waals surface area contributed by atoms with Crippen LogP contribution in [-0.4, -0.2) is 45.3 Å². The molecule has 3 rings (SSSR count). The van der Waals surface area contributed by atoms with E-state index < -0.39 is 0 Å². The van der Waals surface area contributed by atoms with Gasteiger partial charge in [0.2, 0.25) is 0 Å². The van der Waals surface area contributed by atoms with E-state index in [1.807, 2.05) is 18.5 Å². The molecule has 0 radical (unpaired) electrons. The van der Waals surface area contributed by atoms with Crippen LogP contribution in [0, 0.1) is 0 Å². The van der Waals surface area contributed by atoms with E-state index in [0.717, 1.165) is 53.6 Å². The quantitative estimate of drug-likeness (QED) is 0.549. The van der Waals surface area contributed by atoms with Crippen LogP contribution >= 0.6 is 0 Å². The Morgan fingerprint density at radius 3 is 2.96 bits per heavy atom. The number of nitrogens with one attached hydrogen (secondary N) is 1. The summed E-state index contributed by atoms with van der Waals surface area (Å²) in [6.07, 6.45) is 5.90. The molecule has 0 aliphatic carbocycles. The monoisotopic (exact) mass is 384 g/mol. The van der Waals surface area contributed by atoms with Gasteiger partial charge in [0, 0.05) is 25.2 Å². The van der Waals surface area contributed by atoms with Crippen LogP contribution in [0.3, 0.4) is 0 Å². The number of alkyl carbamates (subject to hydrolysis) is 1. The first-order valence-electron chi connectivity index (χ1n) is 9.85. The van der Waals surface area contributed by atoms with E-state index in [-0.39, 0.29) is 12.0 Å². The zero-order chi connectivity index (χ0) is 19.9. The third kappa shape index (κ3) is 4.39. The van der Waals surface area contributed by atoms with Crippen molar-refractivity contribution in [3.63, 3.8) is 0 Å². The van der Waals surface area contributed by atoms with Gasteiger partial charge in [-0.15, -0.1) is 0 Å². The van der Waals surface area contributed by atoms with Crippen LogP contribution in [0.2, 0.25) is 0 Å². The first-order valence-corrected chi connectivity index (χ1v) is 9.85. The SMILES string of the molecule is CCOC(=O)NCCCCn1cnc2c(C(C)CCN)nc3cccnc3c21. The van der Waals surface area contributed by atoms with Crippen LogP contribution in [0.4, 0.5) is 4.79 Å². The van der Waals surface area contributed by atoms with Gasteiger partial charge in [0.05, 0.1) is 29.7 Å². The van der Waals surface area contributed by atoms with Crippen molar-refractivity contribution in [1.82, 2.24) is 24.8 Å².